The van der Waals surface area contributed by atoms with Gasteiger partial charge < -0.3 is 14.8 Å². The molecule has 0 unspecified atom stereocenters. The molecule has 1 N–H and O–H groups in total. The van der Waals surface area contributed by atoms with Gasteiger partial charge in [0.2, 0.25) is 6.10 Å². The Morgan fingerprint density at radius 2 is 1.50 bits per heavy atom. The molecule has 0 heterocycles. The maximum absolute atomic E-state index is 12.0. The predicted molar refractivity (Wildman–Crippen MR) is 51.2 cm³/mol. The van der Waals surface area contributed by atoms with Crippen molar-refractivity contribution in [2.75, 3.05) is 33.4 Å². The first-order chi connectivity index (χ1) is 8.19. The SMILES string of the molecule is COCCCNCCOC(C(F)(F)F)C(F)(F)F. The van der Waals surface area contributed by atoms with Gasteiger partial charge in [-0.25, -0.2) is 0 Å². The van der Waals surface area contributed by atoms with E-state index in [4.69, 9.17) is 4.74 Å². The lowest BCUT2D eigenvalue weighted by Gasteiger charge is -2.23. The fraction of sp³-hybridized carbons (Fsp3) is 1.00. The number of nitrogens with one attached hydrogen (secondary N) is 1. The highest BCUT2D eigenvalue weighted by Gasteiger charge is 2.57. The van der Waals surface area contributed by atoms with Crippen LogP contribution < -0.4 is 5.32 Å². The Kier molecular flexibility index (Phi) is 7.56. The van der Waals surface area contributed by atoms with Crippen LogP contribution in [0.3, 0.4) is 0 Å². The first-order valence-electron chi connectivity index (χ1n) is 5.14. The Bertz CT molecular complexity index is 204. The van der Waals surface area contributed by atoms with E-state index in [0.717, 1.165) is 0 Å². The fourth-order valence-corrected chi connectivity index (χ4v) is 1.09. The molecular weight excluding hydrogens is 268 g/mol. The Hall–Kier alpha value is -0.540. The molecule has 0 rings (SSSR count). The number of methoxy groups -OCH3 is 1. The summed E-state index contributed by atoms with van der Waals surface area (Å²) in [6.45, 7) is 0.129. The quantitative estimate of drug-likeness (QED) is 0.547. The van der Waals surface area contributed by atoms with Gasteiger partial charge in [0.15, 0.2) is 0 Å². The molecule has 0 aliphatic carbocycles. The third-order valence-electron chi connectivity index (χ3n) is 1.86. The van der Waals surface area contributed by atoms with Crippen molar-refractivity contribution >= 4 is 0 Å². The number of ether oxygens (including phenoxy) is 2. The van der Waals surface area contributed by atoms with E-state index in [2.05, 4.69) is 10.1 Å². The summed E-state index contributed by atoms with van der Waals surface area (Å²) in [7, 11) is 1.49. The van der Waals surface area contributed by atoms with E-state index in [-0.39, 0.29) is 6.54 Å². The third kappa shape index (κ3) is 7.72. The monoisotopic (exact) mass is 283 g/mol. The zero-order valence-electron chi connectivity index (χ0n) is 9.70. The van der Waals surface area contributed by atoms with Gasteiger partial charge in [-0.2, -0.15) is 26.3 Å². The van der Waals surface area contributed by atoms with Crippen molar-refractivity contribution in [3.8, 4) is 0 Å². The second-order valence-corrected chi connectivity index (χ2v) is 3.43. The Labute approximate surface area is 100 Å². The van der Waals surface area contributed by atoms with E-state index >= 15 is 0 Å². The number of hydrogen-bond acceptors (Lipinski definition) is 3. The van der Waals surface area contributed by atoms with Crippen molar-refractivity contribution in [3.05, 3.63) is 0 Å². The van der Waals surface area contributed by atoms with Crippen molar-refractivity contribution in [1.82, 2.24) is 5.32 Å². The minimum absolute atomic E-state index is 0.0909. The predicted octanol–water partition coefficient (Wildman–Crippen LogP) is 2.12. The van der Waals surface area contributed by atoms with Crippen LogP contribution in [0.2, 0.25) is 0 Å². The lowest BCUT2D eigenvalue weighted by Crippen LogP contribution is -2.45. The lowest BCUT2D eigenvalue weighted by atomic mass is 10.3. The van der Waals surface area contributed by atoms with Crippen LogP contribution in [0.4, 0.5) is 26.3 Å². The molecule has 0 aromatic carbocycles. The molecule has 0 bridgehead atoms. The van der Waals surface area contributed by atoms with Crippen molar-refractivity contribution in [1.29, 1.82) is 0 Å². The summed E-state index contributed by atoms with van der Waals surface area (Å²) in [6.07, 6.45) is -14.0. The highest BCUT2D eigenvalue weighted by molar-refractivity contribution is 4.76. The van der Waals surface area contributed by atoms with E-state index in [1.165, 1.54) is 7.11 Å². The van der Waals surface area contributed by atoms with E-state index in [1.54, 1.807) is 0 Å². The van der Waals surface area contributed by atoms with Crippen molar-refractivity contribution in [2.45, 2.75) is 24.9 Å². The Morgan fingerprint density at radius 1 is 0.944 bits per heavy atom. The minimum Gasteiger partial charge on any atom is -0.385 e. The number of halogens is 6. The van der Waals surface area contributed by atoms with Crippen LogP contribution >= 0.6 is 0 Å². The van der Waals surface area contributed by atoms with E-state index in [0.29, 0.717) is 19.6 Å². The maximum Gasteiger partial charge on any atom is 0.423 e. The molecule has 0 aliphatic rings. The lowest BCUT2D eigenvalue weighted by molar-refractivity contribution is -0.321. The van der Waals surface area contributed by atoms with Crippen LogP contribution in [-0.2, 0) is 9.47 Å². The van der Waals surface area contributed by atoms with Crippen molar-refractivity contribution in [2.24, 2.45) is 0 Å². The van der Waals surface area contributed by atoms with Crippen LogP contribution in [0.15, 0.2) is 0 Å². The molecule has 0 aromatic rings. The average Bonchev–Trinajstić information content (AvgIpc) is 2.18. The molecule has 0 fully saturated rings. The largest absolute Gasteiger partial charge is 0.423 e. The molecule has 0 aliphatic heterocycles. The molecule has 0 amide bonds. The van der Waals surface area contributed by atoms with Gasteiger partial charge in [-0.3, -0.25) is 0 Å². The molecule has 18 heavy (non-hydrogen) atoms. The number of alkyl halides is 6. The van der Waals surface area contributed by atoms with Gasteiger partial charge in [0, 0.05) is 20.3 Å². The first-order valence-corrected chi connectivity index (χ1v) is 5.14. The molecule has 3 nitrogen and oxygen atoms in total. The summed E-state index contributed by atoms with van der Waals surface area (Å²) >= 11 is 0. The van der Waals surface area contributed by atoms with Crippen LogP contribution in [-0.4, -0.2) is 51.9 Å². The zero-order valence-corrected chi connectivity index (χ0v) is 9.70. The molecule has 0 saturated heterocycles. The highest BCUT2D eigenvalue weighted by Crippen LogP contribution is 2.35. The number of rotatable bonds is 8. The van der Waals surface area contributed by atoms with Gasteiger partial charge in [0.25, 0.3) is 0 Å². The summed E-state index contributed by atoms with van der Waals surface area (Å²) in [5.74, 6) is 0. The first kappa shape index (κ1) is 17.5. The summed E-state index contributed by atoms with van der Waals surface area (Å²) in [4.78, 5) is 0. The van der Waals surface area contributed by atoms with Gasteiger partial charge in [0.05, 0.1) is 6.61 Å². The van der Waals surface area contributed by atoms with E-state index in [1.807, 2.05) is 0 Å². The van der Waals surface area contributed by atoms with Crippen LogP contribution in [0.5, 0.6) is 0 Å². The van der Waals surface area contributed by atoms with Crippen LogP contribution in [0, 0.1) is 0 Å². The zero-order chi connectivity index (χ0) is 14.2. The Balaban J connectivity index is 3.86. The molecule has 0 saturated carbocycles. The maximum atomic E-state index is 12.0. The molecule has 0 atom stereocenters. The van der Waals surface area contributed by atoms with Crippen molar-refractivity contribution < 1.29 is 35.8 Å². The molecule has 9 heteroatoms. The molecule has 110 valence electrons. The Morgan fingerprint density at radius 3 is 1.94 bits per heavy atom. The highest BCUT2D eigenvalue weighted by atomic mass is 19.4. The smallest absolute Gasteiger partial charge is 0.385 e. The van der Waals surface area contributed by atoms with Crippen LogP contribution in [0.1, 0.15) is 6.42 Å². The van der Waals surface area contributed by atoms with Crippen LogP contribution in [0.25, 0.3) is 0 Å². The van der Waals surface area contributed by atoms with E-state index < -0.39 is 25.1 Å². The number of hydrogen-bond donors (Lipinski definition) is 1. The summed E-state index contributed by atoms with van der Waals surface area (Å²) in [6, 6.07) is 0. The normalized spacial score (nSPS) is 13.3. The van der Waals surface area contributed by atoms with Gasteiger partial charge in [-0.05, 0) is 13.0 Å². The van der Waals surface area contributed by atoms with Gasteiger partial charge in [0.1, 0.15) is 0 Å². The second-order valence-electron chi connectivity index (χ2n) is 3.43. The van der Waals surface area contributed by atoms with Gasteiger partial charge >= 0.3 is 12.4 Å². The summed E-state index contributed by atoms with van der Waals surface area (Å²) in [5.41, 5.74) is 0. The summed E-state index contributed by atoms with van der Waals surface area (Å²) in [5, 5.41) is 2.64. The van der Waals surface area contributed by atoms with Crippen molar-refractivity contribution in [3.63, 3.8) is 0 Å². The topological polar surface area (TPSA) is 30.5 Å². The standard InChI is InChI=1S/C9H15F6NO2/c1-17-5-2-3-16-4-6-18-7(8(10,11)12)9(13,14)15/h7,16H,2-6H2,1H3. The molecule has 0 spiro atoms. The third-order valence-corrected chi connectivity index (χ3v) is 1.86. The summed E-state index contributed by atoms with van der Waals surface area (Å²) < 4.78 is 80.6. The van der Waals surface area contributed by atoms with Gasteiger partial charge in [-0.1, -0.05) is 0 Å². The molecule has 0 aromatic heterocycles. The van der Waals surface area contributed by atoms with E-state index in [9.17, 15) is 26.3 Å². The average molecular weight is 283 g/mol. The molecule has 0 radical (unpaired) electrons. The van der Waals surface area contributed by atoms with Gasteiger partial charge in [-0.15, -0.1) is 0 Å². The second kappa shape index (κ2) is 7.80. The molecular formula is C9H15F6NO2. The minimum atomic E-state index is -5.45. The fourth-order valence-electron chi connectivity index (χ4n) is 1.09.